The molecular weight excluding hydrogens is 239 g/mol. The van der Waals surface area contributed by atoms with Crippen molar-refractivity contribution >= 4 is 5.78 Å². The van der Waals surface area contributed by atoms with Crippen LogP contribution in [0.15, 0.2) is 67.3 Å². The fourth-order valence-electron chi connectivity index (χ4n) is 2.03. The molecule has 0 aliphatic rings. The first-order chi connectivity index (χ1) is 9.08. The van der Waals surface area contributed by atoms with Gasteiger partial charge in [0.1, 0.15) is 5.82 Å². The van der Waals surface area contributed by atoms with Crippen LogP contribution in [0.25, 0.3) is 0 Å². The van der Waals surface area contributed by atoms with Gasteiger partial charge in [-0.2, -0.15) is 0 Å². The summed E-state index contributed by atoms with van der Waals surface area (Å²) < 4.78 is 12.9. The summed E-state index contributed by atoms with van der Waals surface area (Å²) in [5, 5.41) is 0. The Morgan fingerprint density at radius 3 is 2.21 bits per heavy atom. The second-order valence-electron chi connectivity index (χ2n) is 4.61. The van der Waals surface area contributed by atoms with Crippen molar-refractivity contribution in [1.29, 1.82) is 0 Å². The molecule has 0 saturated carbocycles. The molecular formula is C17H15FO. The number of carbonyl (C=O) groups is 1. The summed E-state index contributed by atoms with van der Waals surface area (Å²) >= 11 is 0. The Morgan fingerprint density at radius 1 is 1.11 bits per heavy atom. The van der Waals surface area contributed by atoms with E-state index in [0.717, 1.165) is 5.56 Å². The van der Waals surface area contributed by atoms with Crippen molar-refractivity contribution < 1.29 is 9.18 Å². The van der Waals surface area contributed by atoms with Crippen molar-refractivity contribution in [2.24, 2.45) is 0 Å². The van der Waals surface area contributed by atoms with Gasteiger partial charge < -0.3 is 0 Å². The molecule has 0 heterocycles. The third kappa shape index (κ3) is 2.48. The minimum Gasteiger partial charge on any atom is -0.293 e. The molecule has 0 saturated heterocycles. The number of allylic oxidation sites excluding steroid dienone is 1. The Bertz CT molecular complexity index is 586. The maximum atomic E-state index is 12.9. The molecule has 1 atom stereocenters. The van der Waals surface area contributed by atoms with Crippen molar-refractivity contribution in [3.8, 4) is 0 Å². The quantitative estimate of drug-likeness (QED) is 0.591. The molecule has 2 rings (SSSR count). The van der Waals surface area contributed by atoms with Gasteiger partial charge in [-0.1, -0.05) is 36.4 Å². The third-order valence-corrected chi connectivity index (χ3v) is 3.36. The molecule has 1 nitrogen and oxygen atoms in total. The largest absolute Gasteiger partial charge is 0.293 e. The van der Waals surface area contributed by atoms with Crippen LogP contribution in [0.3, 0.4) is 0 Å². The smallest absolute Gasteiger partial charge is 0.176 e. The van der Waals surface area contributed by atoms with Crippen LogP contribution >= 0.6 is 0 Å². The van der Waals surface area contributed by atoms with Crippen molar-refractivity contribution in [1.82, 2.24) is 0 Å². The Labute approximate surface area is 112 Å². The molecule has 0 fully saturated rings. The first-order valence-corrected chi connectivity index (χ1v) is 6.07. The Hall–Kier alpha value is -2.22. The second kappa shape index (κ2) is 5.19. The highest BCUT2D eigenvalue weighted by atomic mass is 19.1. The number of ketones is 1. The highest BCUT2D eigenvalue weighted by Gasteiger charge is 2.32. The zero-order valence-corrected chi connectivity index (χ0v) is 10.8. The number of rotatable bonds is 4. The molecule has 0 spiro atoms. The van der Waals surface area contributed by atoms with Crippen LogP contribution in [0.1, 0.15) is 22.8 Å². The van der Waals surface area contributed by atoms with Gasteiger partial charge in [-0.05, 0) is 36.8 Å². The van der Waals surface area contributed by atoms with E-state index >= 15 is 0 Å². The number of hydrogen-bond acceptors (Lipinski definition) is 1. The van der Waals surface area contributed by atoms with E-state index in [2.05, 4.69) is 6.58 Å². The van der Waals surface area contributed by atoms with Gasteiger partial charge in [-0.3, -0.25) is 4.79 Å². The van der Waals surface area contributed by atoms with Crippen LogP contribution in [0, 0.1) is 5.82 Å². The lowest BCUT2D eigenvalue weighted by Gasteiger charge is -2.24. The summed E-state index contributed by atoms with van der Waals surface area (Å²) in [6.45, 7) is 5.60. The molecule has 0 unspecified atom stereocenters. The van der Waals surface area contributed by atoms with Crippen LogP contribution in [-0.4, -0.2) is 5.78 Å². The van der Waals surface area contributed by atoms with Crippen LogP contribution in [0.2, 0.25) is 0 Å². The van der Waals surface area contributed by atoms with E-state index in [1.54, 1.807) is 6.08 Å². The highest BCUT2D eigenvalue weighted by Crippen LogP contribution is 2.29. The zero-order valence-electron chi connectivity index (χ0n) is 10.8. The molecule has 2 aromatic rings. The van der Waals surface area contributed by atoms with E-state index in [0.29, 0.717) is 5.56 Å². The number of hydrogen-bond donors (Lipinski definition) is 0. The summed E-state index contributed by atoms with van der Waals surface area (Å²) in [5.41, 5.74) is 0.547. The molecule has 0 N–H and O–H groups in total. The van der Waals surface area contributed by atoms with Crippen LogP contribution < -0.4 is 0 Å². The van der Waals surface area contributed by atoms with Gasteiger partial charge in [0.2, 0.25) is 0 Å². The maximum Gasteiger partial charge on any atom is 0.176 e. The van der Waals surface area contributed by atoms with Gasteiger partial charge >= 0.3 is 0 Å². The third-order valence-electron chi connectivity index (χ3n) is 3.36. The molecule has 0 aliphatic carbocycles. The van der Waals surface area contributed by atoms with Gasteiger partial charge in [0.15, 0.2) is 5.78 Å². The molecule has 96 valence electrons. The molecule has 2 aromatic carbocycles. The van der Waals surface area contributed by atoms with Crippen LogP contribution in [0.5, 0.6) is 0 Å². The number of benzene rings is 2. The molecule has 0 radical (unpaired) electrons. The van der Waals surface area contributed by atoms with Gasteiger partial charge in [-0.15, -0.1) is 6.58 Å². The van der Waals surface area contributed by atoms with E-state index in [1.165, 1.54) is 24.3 Å². The lowest BCUT2D eigenvalue weighted by Crippen LogP contribution is -2.30. The van der Waals surface area contributed by atoms with Crippen molar-refractivity contribution in [2.75, 3.05) is 0 Å². The SMILES string of the molecule is C=C[C@@](C)(C(=O)c1ccc(F)cc1)c1ccccc1. The van der Waals surface area contributed by atoms with Crippen molar-refractivity contribution in [2.45, 2.75) is 12.3 Å². The average molecular weight is 254 g/mol. The number of Topliss-reactive ketones (excluding diaryl/α,β-unsaturated/α-hetero) is 1. The van der Waals surface area contributed by atoms with Gasteiger partial charge in [-0.25, -0.2) is 4.39 Å². The predicted molar refractivity (Wildman–Crippen MR) is 74.7 cm³/mol. The summed E-state index contributed by atoms with van der Waals surface area (Å²) in [6, 6.07) is 15.0. The van der Waals surface area contributed by atoms with E-state index in [1.807, 2.05) is 37.3 Å². The lowest BCUT2D eigenvalue weighted by molar-refractivity contribution is 0.0927. The molecule has 0 bridgehead atoms. The highest BCUT2D eigenvalue weighted by molar-refractivity contribution is 6.05. The lowest BCUT2D eigenvalue weighted by atomic mass is 9.76. The van der Waals surface area contributed by atoms with Crippen molar-refractivity contribution in [3.63, 3.8) is 0 Å². The molecule has 0 amide bonds. The summed E-state index contributed by atoms with van der Waals surface area (Å²) in [7, 11) is 0. The fourth-order valence-corrected chi connectivity index (χ4v) is 2.03. The summed E-state index contributed by atoms with van der Waals surface area (Å²) in [4.78, 5) is 12.6. The van der Waals surface area contributed by atoms with E-state index in [4.69, 9.17) is 0 Å². The van der Waals surface area contributed by atoms with E-state index in [9.17, 15) is 9.18 Å². The minimum absolute atomic E-state index is 0.0892. The average Bonchev–Trinajstić information content (AvgIpc) is 2.47. The normalized spacial score (nSPS) is 13.6. The molecule has 19 heavy (non-hydrogen) atoms. The van der Waals surface area contributed by atoms with Crippen LogP contribution in [0.4, 0.5) is 4.39 Å². The van der Waals surface area contributed by atoms with E-state index in [-0.39, 0.29) is 11.6 Å². The minimum atomic E-state index is -0.806. The Morgan fingerprint density at radius 2 is 1.68 bits per heavy atom. The number of halogens is 1. The van der Waals surface area contributed by atoms with Crippen LogP contribution in [-0.2, 0) is 5.41 Å². The number of carbonyl (C=O) groups excluding carboxylic acids is 1. The molecule has 0 aromatic heterocycles. The summed E-state index contributed by atoms with van der Waals surface area (Å²) in [6.07, 6.45) is 1.63. The van der Waals surface area contributed by atoms with Gasteiger partial charge in [0, 0.05) is 5.56 Å². The first-order valence-electron chi connectivity index (χ1n) is 6.07. The summed E-state index contributed by atoms with van der Waals surface area (Å²) in [5.74, 6) is -0.440. The van der Waals surface area contributed by atoms with Gasteiger partial charge in [0.25, 0.3) is 0 Å². The first kappa shape index (κ1) is 13.2. The van der Waals surface area contributed by atoms with E-state index < -0.39 is 5.41 Å². The monoisotopic (exact) mass is 254 g/mol. The predicted octanol–water partition coefficient (Wildman–Crippen LogP) is 4.15. The maximum absolute atomic E-state index is 12.9. The Balaban J connectivity index is 2.44. The molecule has 2 heteroatoms. The molecule has 0 aliphatic heterocycles. The van der Waals surface area contributed by atoms with Gasteiger partial charge in [0.05, 0.1) is 5.41 Å². The Kier molecular flexibility index (Phi) is 3.61. The van der Waals surface area contributed by atoms with Crippen molar-refractivity contribution in [3.05, 3.63) is 84.2 Å². The zero-order chi connectivity index (χ0) is 13.9. The second-order valence-corrected chi connectivity index (χ2v) is 4.61. The standard InChI is InChI=1S/C17H15FO/c1-3-17(2,14-7-5-4-6-8-14)16(19)13-9-11-15(18)12-10-13/h3-12H,1H2,2H3/t17-/m1/s1. The fraction of sp³-hybridized carbons (Fsp3) is 0.118. The topological polar surface area (TPSA) is 17.1 Å².